The molecule has 30 heavy (non-hydrogen) atoms. The summed E-state index contributed by atoms with van der Waals surface area (Å²) in [5.74, 6) is -6.40. The van der Waals surface area contributed by atoms with E-state index in [2.05, 4.69) is 9.47 Å². The van der Waals surface area contributed by atoms with E-state index in [4.69, 9.17) is 49.9 Å². The Morgan fingerprint density at radius 3 is 1.20 bits per heavy atom. The molecule has 0 aromatic heterocycles. The average Bonchev–Trinajstić information content (AvgIpc) is 3.04. The number of ether oxygens (including phenoxy) is 2. The molecule has 0 aromatic carbocycles. The van der Waals surface area contributed by atoms with Gasteiger partial charge in [-0.1, -0.05) is 0 Å². The zero-order valence-electron chi connectivity index (χ0n) is 14.8. The molecule has 0 fully saturated rings. The molecule has 2 aliphatic heterocycles. The van der Waals surface area contributed by atoms with Gasteiger partial charge < -0.3 is 65.0 Å². The van der Waals surface area contributed by atoms with Crippen LogP contribution in [0.4, 0.5) is 0 Å². The molecule has 2 aliphatic rings. The van der Waals surface area contributed by atoms with Crippen LogP contribution in [0.2, 0.25) is 0 Å². The molecule has 0 saturated carbocycles. The standard InChI is InChI=1S/2C6H8O6.Mg.H3O4P/c2*7-1-2(8)5-3(9)4(10)6(11)12-5;;1-5(2,3)4/h2*2,5,7-10H,1H2;;(H3,1,2,3,4)/q;;+2;/p-2/t2*2?,5-;;/m11../s1. The van der Waals surface area contributed by atoms with Crippen molar-refractivity contribution in [3.63, 3.8) is 0 Å². The van der Waals surface area contributed by atoms with Gasteiger partial charge in [-0.05, 0) is 11.5 Å². The van der Waals surface area contributed by atoms with E-state index in [0.717, 1.165) is 0 Å². The molecule has 2 unspecified atom stereocenters. The molecule has 2 heterocycles. The van der Waals surface area contributed by atoms with Crippen molar-refractivity contribution in [3.05, 3.63) is 23.0 Å². The Bertz CT molecular complexity index is 655. The summed E-state index contributed by atoms with van der Waals surface area (Å²) in [7, 11) is -4.64. The van der Waals surface area contributed by atoms with Crippen molar-refractivity contribution in [2.75, 3.05) is 13.2 Å². The molecule has 0 aliphatic carbocycles. The summed E-state index contributed by atoms with van der Waals surface area (Å²) in [5, 5.41) is 73.6. The molecule has 0 saturated heterocycles. The molecule has 16 nitrogen and oxygen atoms in total. The maximum atomic E-state index is 10.8. The van der Waals surface area contributed by atoms with Crippen molar-refractivity contribution in [2.45, 2.75) is 24.4 Å². The van der Waals surface area contributed by atoms with Crippen LogP contribution >= 0.6 is 7.82 Å². The van der Waals surface area contributed by atoms with Gasteiger partial charge in [0.1, 0.15) is 24.4 Å². The summed E-state index contributed by atoms with van der Waals surface area (Å²) < 4.78 is 17.4. The second-order valence-corrected chi connectivity index (χ2v) is 6.12. The maximum absolute atomic E-state index is 10.8. The summed E-state index contributed by atoms with van der Waals surface area (Å²) in [6.45, 7) is -1.42. The molecule has 0 amide bonds. The number of esters is 2. The number of phosphoric acid groups is 1. The monoisotopic (exact) mass is 472 g/mol. The summed E-state index contributed by atoms with van der Waals surface area (Å²) in [5.41, 5.74) is 0. The van der Waals surface area contributed by atoms with Crippen LogP contribution in [-0.4, -0.2) is 118 Å². The van der Waals surface area contributed by atoms with E-state index < -0.39 is 80.4 Å². The Morgan fingerprint density at radius 1 is 0.833 bits per heavy atom. The predicted octanol–water partition coefficient (Wildman–Crippen LogP) is -6.52. The topological polar surface area (TPSA) is 298 Å². The van der Waals surface area contributed by atoms with Gasteiger partial charge in [-0.2, -0.15) is 0 Å². The zero-order chi connectivity index (χ0) is 23.1. The minimum Gasteiger partial charge on any atom is -0.870 e. The van der Waals surface area contributed by atoms with Gasteiger partial charge in [-0.15, -0.1) is 0 Å². The first-order chi connectivity index (χ1) is 13.1. The quantitative estimate of drug-likeness (QED) is 0.104. The van der Waals surface area contributed by atoms with Gasteiger partial charge in [0.15, 0.2) is 11.5 Å². The number of carbonyl (C=O) groups excluding carboxylic acids is 2. The number of hydrogen-bond acceptors (Lipinski definition) is 13. The van der Waals surface area contributed by atoms with Crippen LogP contribution in [0.1, 0.15) is 0 Å². The molecule has 18 heteroatoms. The molecular weight excluding hydrogens is 455 g/mol. The molecule has 0 radical (unpaired) electrons. The van der Waals surface area contributed by atoms with Crippen molar-refractivity contribution in [2.24, 2.45) is 0 Å². The van der Waals surface area contributed by atoms with E-state index >= 15 is 0 Å². The molecule has 0 spiro atoms. The van der Waals surface area contributed by atoms with E-state index in [0.29, 0.717) is 0 Å². The first-order valence-electron chi connectivity index (χ1n) is 7.14. The van der Waals surface area contributed by atoms with E-state index in [1.807, 2.05) is 0 Å². The van der Waals surface area contributed by atoms with Crippen molar-refractivity contribution in [1.29, 1.82) is 0 Å². The molecule has 2 rings (SSSR count). The van der Waals surface area contributed by atoms with Gasteiger partial charge in [-0.25, -0.2) is 14.2 Å². The second-order valence-electron chi connectivity index (χ2n) is 5.09. The Labute approximate surface area is 182 Å². The van der Waals surface area contributed by atoms with Gasteiger partial charge in [0.05, 0.1) is 13.2 Å². The van der Waals surface area contributed by atoms with Gasteiger partial charge in [0.2, 0.25) is 0 Å². The summed E-state index contributed by atoms with van der Waals surface area (Å²) in [4.78, 5) is 42.5. The Balaban J connectivity index is 0. The van der Waals surface area contributed by atoms with Crippen LogP contribution in [0, 0.1) is 0 Å². The smallest absolute Gasteiger partial charge is 0.870 e. The fourth-order valence-electron chi connectivity index (χ4n) is 1.62. The third kappa shape index (κ3) is 9.43. The molecule has 168 valence electrons. The number of aliphatic hydroxyl groups is 6. The van der Waals surface area contributed by atoms with Crippen LogP contribution in [0.5, 0.6) is 0 Å². The van der Waals surface area contributed by atoms with Crippen LogP contribution in [0.25, 0.3) is 0 Å². The number of aliphatic hydroxyl groups excluding tert-OH is 6. The summed E-state index contributed by atoms with van der Waals surface area (Å²) in [6, 6.07) is 0. The third-order valence-electron chi connectivity index (χ3n) is 2.91. The molecule has 0 bridgehead atoms. The zero-order valence-corrected chi connectivity index (χ0v) is 17.1. The summed E-state index contributed by atoms with van der Waals surface area (Å²) >= 11 is 0. The SMILES string of the molecule is O=C1O[C@H](C(O)CO)C([O-])=C1O.O=C1O[C@H](C(O)CO)C([O-])=C1O.O=P(O)(O)O.[Mg+2]. The predicted molar refractivity (Wildman–Crippen MR) is 85.3 cm³/mol. The van der Waals surface area contributed by atoms with Gasteiger partial charge >= 0.3 is 42.8 Å². The van der Waals surface area contributed by atoms with E-state index in [1.165, 1.54) is 0 Å². The number of hydrogen-bond donors (Lipinski definition) is 9. The van der Waals surface area contributed by atoms with Crippen molar-refractivity contribution >= 4 is 42.8 Å². The normalized spacial score (nSPS) is 22.6. The molecular formula is C12H17MgO16P. The summed E-state index contributed by atoms with van der Waals surface area (Å²) in [6.07, 6.45) is -5.90. The first-order valence-corrected chi connectivity index (χ1v) is 8.70. The number of cyclic esters (lactones) is 2. The number of carbonyl (C=O) groups is 2. The second kappa shape index (κ2) is 12.9. The fraction of sp³-hybridized carbons (Fsp3) is 0.500. The Hall–Kier alpha value is -1.66. The van der Waals surface area contributed by atoms with Crippen LogP contribution in [0.15, 0.2) is 23.0 Å². The maximum Gasteiger partial charge on any atom is 2.00 e. The first kappa shape index (κ1) is 30.5. The largest absolute Gasteiger partial charge is 2.00 e. The minimum absolute atomic E-state index is 0. The van der Waals surface area contributed by atoms with E-state index in [-0.39, 0.29) is 23.1 Å². The van der Waals surface area contributed by atoms with Crippen LogP contribution < -0.4 is 10.2 Å². The number of rotatable bonds is 4. The third-order valence-corrected chi connectivity index (χ3v) is 2.91. The minimum atomic E-state index is -4.64. The van der Waals surface area contributed by atoms with Crippen molar-refractivity contribution in [1.82, 2.24) is 0 Å². The fourth-order valence-corrected chi connectivity index (χ4v) is 1.62. The van der Waals surface area contributed by atoms with Crippen LogP contribution in [-0.2, 0) is 23.6 Å². The Kier molecular flexibility index (Phi) is 13.1. The van der Waals surface area contributed by atoms with Gasteiger partial charge in [0.25, 0.3) is 0 Å². The molecule has 4 atom stereocenters. The molecule has 9 N–H and O–H groups in total. The average molecular weight is 473 g/mol. The van der Waals surface area contributed by atoms with Crippen molar-refractivity contribution in [3.8, 4) is 0 Å². The van der Waals surface area contributed by atoms with Crippen molar-refractivity contribution < 1.29 is 79.2 Å². The van der Waals surface area contributed by atoms with Gasteiger partial charge in [0, 0.05) is 0 Å². The molecule has 0 aromatic rings. The van der Waals surface area contributed by atoms with Gasteiger partial charge in [-0.3, -0.25) is 0 Å². The Morgan fingerprint density at radius 2 is 1.07 bits per heavy atom. The van der Waals surface area contributed by atoms with E-state index in [9.17, 15) is 19.8 Å². The van der Waals surface area contributed by atoms with E-state index in [1.54, 1.807) is 0 Å². The van der Waals surface area contributed by atoms with Crippen LogP contribution in [0.3, 0.4) is 0 Å².